The molecule has 0 bridgehead atoms. The highest BCUT2D eigenvalue weighted by Gasteiger charge is 2.29. The molecule has 1 aromatic rings. The summed E-state index contributed by atoms with van der Waals surface area (Å²) in [5.41, 5.74) is 9.14. The monoisotopic (exact) mass is 285 g/mol. The van der Waals surface area contributed by atoms with Crippen LogP contribution in [-0.4, -0.2) is 35.2 Å². The number of nitrogens with one attached hydrogen (secondary N) is 1. The molecule has 1 heterocycles. The number of methoxy groups -OCH3 is 1. The Hall–Kier alpha value is -1.31. The molecule has 0 unspecified atom stereocenters. The van der Waals surface area contributed by atoms with Gasteiger partial charge in [-0.3, -0.25) is 4.31 Å². The number of fused-ring (bicyclic) bond motifs is 1. The van der Waals surface area contributed by atoms with Crippen LogP contribution in [0.3, 0.4) is 0 Å². The molecule has 0 spiro atoms. The maximum absolute atomic E-state index is 12.2. The molecule has 106 valence electrons. The van der Waals surface area contributed by atoms with Crippen LogP contribution in [0, 0.1) is 6.92 Å². The van der Waals surface area contributed by atoms with Gasteiger partial charge in [-0.25, -0.2) is 0 Å². The third-order valence-corrected chi connectivity index (χ3v) is 4.73. The maximum atomic E-state index is 12.2. The van der Waals surface area contributed by atoms with Gasteiger partial charge in [-0.05, 0) is 30.5 Å². The predicted molar refractivity (Wildman–Crippen MR) is 75.4 cm³/mol. The summed E-state index contributed by atoms with van der Waals surface area (Å²) < 4.78 is 33.1. The van der Waals surface area contributed by atoms with Crippen LogP contribution in [0.5, 0.6) is 0 Å². The van der Waals surface area contributed by atoms with Crippen molar-refractivity contribution in [1.82, 2.24) is 4.72 Å². The summed E-state index contributed by atoms with van der Waals surface area (Å²) in [6.45, 7) is 2.96. The fraction of sp³-hybridized carbons (Fsp3) is 0.500. The highest BCUT2D eigenvalue weighted by molar-refractivity contribution is 7.90. The van der Waals surface area contributed by atoms with Crippen LogP contribution in [0.4, 0.5) is 11.4 Å². The van der Waals surface area contributed by atoms with Crippen molar-refractivity contribution >= 4 is 21.6 Å². The van der Waals surface area contributed by atoms with Crippen LogP contribution in [0.1, 0.15) is 11.1 Å². The lowest BCUT2D eigenvalue weighted by Crippen LogP contribution is -2.41. The topological polar surface area (TPSA) is 84.7 Å². The van der Waals surface area contributed by atoms with Gasteiger partial charge in [0, 0.05) is 25.9 Å². The molecular weight excluding hydrogens is 266 g/mol. The Bertz CT molecular complexity index is 572. The van der Waals surface area contributed by atoms with Crippen LogP contribution in [0.2, 0.25) is 0 Å². The second-order valence-electron chi connectivity index (χ2n) is 4.55. The summed E-state index contributed by atoms with van der Waals surface area (Å²) in [7, 11) is -2.00. The number of ether oxygens (including phenoxy) is 1. The lowest BCUT2D eigenvalue weighted by Gasteiger charge is -2.20. The van der Waals surface area contributed by atoms with Gasteiger partial charge in [-0.15, -0.1) is 0 Å². The summed E-state index contributed by atoms with van der Waals surface area (Å²) in [6.07, 6.45) is 0.710. The number of hydrogen-bond donors (Lipinski definition) is 2. The van der Waals surface area contributed by atoms with E-state index in [1.54, 1.807) is 6.07 Å². The molecule has 0 amide bonds. The second-order valence-corrected chi connectivity index (χ2v) is 6.23. The third kappa shape index (κ3) is 2.83. The number of aryl methyl sites for hydroxylation is 1. The van der Waals surface area contributed by atoms with E-state index in [4.69, 9.17) is 10.5 Å². The number of rotatable bonds is 5. The Kier molecular flexibility index (Phi) is 3.98. The van der Waals surface area contributed by atoms with Gasteiger partial charge in [0.05, 0.1) is 12.3 Å². The molecule has 1 aliphatic heterocycles. The second kappa shape index (κ2) is 5.36. The van der Waals surface area contributed by atoms with E-state index < -0.39 is 10.2 Å². The van der Waals surface area contributed by atoms with E-state index in [1.807, 2.05) is 13.0 Å². The standard InChI is InChI=1S/C12H19N3O3S/c1-9-7-10-3-5-15(12(10)8-11(9)13)19(16,17)14-4-6-18-2/h7-8,14H,3-6,13H2,1-2H3. The van der Waals surface area contributed by atoms with Crippen LogP contribution >= 0.6 is 0 Å². The van der Waals surface area contributed by atoms with Crippen LogP contribution in [0.15, 0.2) is 12.1 Å². The first-order valence-electron chi connectivity index (χ1n) is 6.11. The van der Waals surface area contributed by atoms with E-state index in [1.165, 1.54) is 11.4 Å². The SMILES string of the molecule is COCCNS(=O)(=O)N1CCc2cc(C)c(N)cc21. The smallest absolute Gasteiger partial charge is 0.301 e. The number of anilines is 2. The summed E-state index contributed by atoms with van der Waals surface area (Å²) in [5.74, 6) is 0. The van der Waals surface area contributed by atoms with E-state index in [9.17, 15) is 8.42 Å². The molecule has 1 aromatic carbocycles. The van der Waals surface area contributed by atoms with Gasteiger partial charge < -0.3 is 10.5 Å². The van der Waals surface area contributed by atoms with Crippen LogP contribution in [0.25, 0.3) is 0 Å². The number of hydrogen-bond acceptors (Lipinski definition) is 4. The van der Waals surface area contributed by atoms with Gasteiger partial charge in [-0.1, -0.05) is 6.07 Å². The summed E-state index contributed by atoms with van der Waals surface area (Å²) in [4.78, 5) is 0. The van der Waals surface area contributed by atoms with Crippen molar-refractivity contribution in [2.45, 2.75) is 13.3 Å². The van der Waals surface area contributed by atoms with Gasteiger partial charge in [0.1, 0.15) is 0 Å². The first-order chi connectivity index (χ1) is 8.95. The van der Waals surface area contributed by atoms with Crippen LogP contribution < -0.4 is 14.8 Å². The van der Waals surface area contributed by atoms with Crippen molar-refractivity contribution in [2.75, 3.05) is 36.8 Å². The number of nitrogens with two attached hydrogens (primary N) is 1. The molecule has 0 saturated carbocycles. The predicted octanol–water partition coefficient (Wildman–Crippen LogP) is 0.421. The van der Waals surface area contributed by atoms with Crippen molar-refractivity contribution in [3.05, 3.63) is 23.3 Å². The van der Waals surface area contributed by atoms with E-state index >= 15 is 0 Å². The zero-order chi connectivity index (χ0) is 14.0. The first kappa shape index (κ1) is 14.1. The number of nitrogen functional groups attached to an aromatic ring is 1. The molecule has 0 atom stereocenters. The fourth-order valence-electron chi connectivity index (χ4n) is 2.15. The minimum atomic E-state index is -3.53. The van der Waals surface area contributed by atoms with Crippen molar-refractivity contribution < 1.29 is 13.2 Å². The van der Waals surface area contributed by atoms with Gasteiger partial charge in [-0.2, -0.15) is 13.1 Å². The molecule has 0 saturated heterocycles. The zero-order valence-electron chi connectivity index (χ0n) is 11.1. The lowest BCUT2D eigenvalue weighted by molar-refractivity contribution is 0.204. The molecule has 3 N–H and O–H groups in total. The Labute approximate surface area is 113 Å². The lowest BCUT2D eigenvalue weighted by atomic mass is 10.1. The van der Waals surface area contributed by atoms with E-state index in [0.29, 0.717) is 30.9 Å². The molecule has 0 radical (unpaired) electrons. The van der Waals surface area contributed by atoms with Gasteiger partial charge >= 0.3 is 10.2 Å². The Balaban J connectivity index is 2.24. The Morgan fingerprint density at radius 2 is 2.21 bits per heavy atom. The average molecular weight is 285 g/mol. The zero-order valence-corrected chi connectivity index (χ0v) is 12.0. The quantitative estimate of drug-likeness (QED) is 0.606. The summed E-state index contributed by atoms with van der Waals surface area (Å²) >= 11 is 0. The van der Waals surface area contributed by atoms with Gasteiger partial charge in [0.15, 0.2) is 0 Å². The van der Waals surface area contributed by atoms with Crippen molar-refractivity contribution in [2.24, 2.45) is 0 Å². The minimum Gasteiger partial charge on any atom is -0.398 e. The Morgan fingerprint density at radius 3 is 2.89 bits per heavy atom. The normalized spacial score (nSPS) is 14.7. The fourth-order valence-corrected chi connectivity index (χ4v) is 3.41. The highest BCUT2D eigenvalue weighted by atomic mass is 32.2. The largest absolute Gasteiger partial charge is 0.398 e. The van der Waals surface area contributed by atoms with E-state index in [2.05, 4.69) is 4.72 Å². The van der Waals surface area contributed by atoms with Crippen LogP contribution in [-0.2, 0) is 21.4 Å². The van der Waals surface area contributed by atoms with E-state index in [-0.39, 0.29) is 6.54 Å². The molecule has 1 aliphatic rings. The molecule has 0 aromatic heterocycles. The van der Waals surface area contributed by atoms with Crippen molar-refractivity contribution in [3.63, 3.8) is 0 Å². The highest BCUT2D eigenvalue weighted by Crippen LogP contribution is 2.33. The van der Waals surface area contributed by atoms with Gasteiger partial charge in [0.25, 0.3) is 0 Å². The molecule has 2 rings (SSSR count). The van der Waals surface area contributed by atoms with Crippen molar-refractivity contribution in [1.29, 1.82) is 0 Å². The summed E-state index contributed by atoms with van der Waals surface area (Å²) in [5, 5.41) is 0. The minimum absolute atomic E-state index is 0.256. The summed E-state index contributed by atoms with van der Waals surface area (Å²) in [6, 6.07) is 3.68. The molecule has 19 heavy (non-hydrogen) atoms. The Morgan fingerprint density at radius 1 is 1.47 bits per heavy atom. The van der Waals surface area contributed by atoms with E-state index in [0.717, 1.165) is 11.1 Å². The molecule has 7 heteroatoms. The molecular formula is C12H19N3O3S. The maximum Gasteiger partial charge on any atom is 0.301 e. The number of nitrogens with zero attached hydrogens (tertiary/aromatic N) is 1. The van der Waals surface area contributed by atoms with Crippen molar-refractivity contribution in [3.8, 4) is 0 Å². The number of benzene rings is 1. The first-order valence-corrected chi connectivity index (χ1v) is 7.55. The molecule has 0 fully saturated rings. The van der Waals surface area contributed by atoms with Gasteiger partial charge in [0.2, 0.25) is 0 Å². The average Bonchev–Trinajstić information content (AvgIpc) is 2.73. The molecule has 0 aliphatic carbocycles. The molecule has 6 nitrogen and oxygen atoms in total. The third-order valence-electron chi connectivity index (χ3n) is 3.20.